The molecule has 9 heteroatoms. The molecule has 0 aromatic heterocycles. The molecule has 0 spiro atoms. The molecule has 1 fully saturated rings. The number of aliphatic imine (C=N–C) groups is 1. The highest BCUT2D eigenvalue weighted by Crippen LogP contribution is 2.20. The molecule has 1 aliphatic rings. The maximum absolute atomic E-state index is 12.5. The molecule has 2 rings (SSSR count). The third-order valence-electron chi connectivity index (χ3n) is 4.45. The van der Waals surface area contributed by atoms with Gasteiger partial charge in [0.2, 0.25) is 0 Å². The van der Waals surface area contributed by atoms with E-state index in [0.29, 0.717) is 38.6 Å². The van der Waals surface area contributed by atoms with Gasteiger partial charge in [-0.2, -0.15) is 13.2 Å². The fourth-order valence-electron chi connectivity index (χ4n) is 3.04. The van der Waals surface area contributed by atoms with Crippen molar-refractivity contribution in [2.24, 2.45) is 4.99 Å². The Kier molecular flexibility index (Phi) is 8.37. The standard InChI is InChI=1S/C19H30F3N5O/c1-23-18(25-16-8-9-27(13-16)14-19(20,21)22)24-12-15-6-4-5-7-17(15)28-11-10-26(2)3/h4-7,16H,8-14H2,1-3H3,(H2,23,24,25). The first-order valence-electron chi connectivity index (χ1n) is 9.38. The Hall–Kier alpha value is -2.00. The van der Waals surface area contributed by atoms with Gasteiger partial charge in [0.1, 0.15) is 12.4 Å². The number of guanidine groups is 1. The van der Waals surface area contributed by atoms with Crippen molar-refractivity contribution in [3.63, 3.8) is 0 Å². The molecule has 0 saturated carbocycles. The van der Waals surface area contributed by atoms with E-state index in [0.717, 1.165) is 17.9 Å². The zero-order valence-electron chi connectivity index (χ0n) is 16.7. The topological polar surface area (TPSA) is 52.1 Å². The van der Waals surface area contributed by atoms with Crippen molar-refractivity contribution < 1.29 is 17.9 Å². The number of likely N-dealkylation sites (tertiary alicyclic amines) is 1. The first kappa shape index (κ1) is 22.3. The first-order chi connectivity index (χ1) is 13.3. The monoisotopic (exact) mass is 401 g/mol. The second-order valence-electron chi connectivity index (χ2n) is 7.17. The third kappa shape index (κ3) is 7.93. The van der Waals surface area contributed by atoms with Crippen molar-refractivity contribution in [3.05, 3.63) is 29.8 Å². The number of benzene rings is 1. The fraction of sp³-hybridized carbons (Fsp3) is 0.632. The summed E-state index contributed by atoms with van der Waals surface area (Å²) in [7, 11) is 5.63. The van der Waals surface area contributed by atoms with Crippen LogP contribution in [-0.4, -0.2) is 81.9 Å². The minimum atomic E-state index is -4.16. The van der Waals surface area contributed by atoms with Gasteiger partial charge in [0, 0.05) is 44.8 Å². The normalized spacial score (nSPS) is 18.5. The van der Waals surface area contributed by atoms with Gasteiger partial charge in [-0.15, -0.1) is 0 Å². The van der Waals surface area contributed by atoms with E-state index in [4.69, 9.17) is 4.74 Å². The molecule has 0 aliphatic carbocycles. The zero-order valence-corrected chi connectivity index (χ0v) is 16.7. The summed E-state index contributed by atoms with van der Waals surface area (Å²) in [4.78, 5) is 7.65. The molecule has 0 amide bonds. The Morgan fingerprint density at radius 2 is 2.07 bits per heavy atom. The van der Waals surface area contributed by atoms with Crippen LogP contribution >= 0.6 is 0 Å². The number of nitrogens with zero attached hydrogens (tertiary/aromatic N) is 3. The molecular formula is C19H30F3N5O. The molecule has 1 aromatic carbocycles. The molecule has 0 bridgehead atoms. The Morgan fingerprint density at radius 3 is 2.75 bits per heavy atom. The Labute approximate surface area is 164 Å². The van der Waals surface area contributed by atoms with Crippen molar-refractivity contribution in [3.8, 4) is 5.75 Å². The molecule has 158 valence electrons. The number of hydrogen-bond donors (Lipinski definition) is 2. The van der Waals surface area contributed by atoms with Crippen molar-refractivity contribution >= 4 is 5.96 Å². The summed E-state index contributed by atoms with van der Waals surface area (Å²) >= 11 is 0. The number of halogens is 3. The Bertz CT molecular complexity index is 636. The van der Waals surface area contributed by atoms with Gasteiger partial charge in [-0.05, 0) is 26.6 Å². The minimum absolute atomic E-state index is 0.0554. The van der Waals surface area contributed by atoms with E-state index < -0.39 is 12.7 Å². The lowest BCUT2D eigenvalue weighted by Crippen LogP contribution is -2.44. The third-order valence-corrected chi connectivity index (χ3v) is 4.45. The van der Waals surface area contributed by atoms with Gasteiger partial charge in [-0.3, -0.25) is 9.89 Å². The van der Waals surface area contributed by atoms with Crippen molar-refractivity contribution in [2.45, 2.75) is 25.2 Å². The number of likely N-dealkylation sites (N-methyl/N-ethyl adjacent to an activating group) is 1. The minimum Gasteiger partial charge on any atom is -0.492 e. The van der Waals surface area contributed by atoms with Crippen LogP contribution in [0.5, 0.6) is 5.75 Å². The molecule has 1 aliphatic heterocycles. The van der Waals surface area contributed by atoms with Crippen LogP contribution in [0.4, 0.5) is 13.2 Å². The summed E-state index contributed by atoms with van der Waals surface area (Å²) in [5.74, 6) is 1.38. The number of para-hydroxylation sites is 1. The second kappa shape index (κ2) is 10.5. The number of hydrogen-bond acceptors (Lipinski definition) is 4. The predicted octanol–water partition coefficient (Wildman–Crippen LogP) is 1.93. The largest absolute Gasteiger partial charge is 0.492 e. The molecule has 1 saturated heterocycles. The van der Waals surface area contributed by atoms with E-state index >= 15 is 0 Å². The van der Waals surface area contributed by atoms with Crippen LogP contribution < -0.4 is 15.4 Å². The lowest BCUT2D eigenvalue weighted by Gasteiger charge is -2.20. The summed E-state index contributed by atoms with van der Waals surface area (Å²) in [5.41, 5.74) is 0.995. The molecule has 1 aromatic rings. The summed E-state index contributed by atoms with van der Waals surface area (Å²) < 4.78 is 43.4. The number of alkyl halides is 3. The van der Waals surface area contributed by atoms with Gasteiger partial charge in [0.25, 0.3) is 0 Å². The van der Waals surface area contributed by atoms with E-state index in [-0.39, 0.29) is 6.04 Å². The van der Waals surface area contributed by atoms with Crippen LogP contribution in [0, 0.1) is 0 Å². The van der Waals surface area contributed by atoms with Gasteiger partial charge in [0.15, 0.2) is 5.96 Å². The Balaban J connectivity index is 1.83. The van der Waals surface area contributed by atoms with Crippen LogP contribution in [0.2, 0.25) is 0 Å². The highest BCUT2D eigenvalue weighted by atomic mass is 19.4. The average Bonchev–Trinajstić information content (AvgIpc) is 3.04. The maximum Gasteiger partial charge on any atom is 0.401 e. The number of rotatable bonds is 8. The quantitative estimate of drug-likeness (QED) is 0.515. The van der Waals surface area contributed by atoms with Gasteiger partial charge in [-0.25, -0.2) is 0 Å². The number of nitrogens with one attached hydrogen (secondary N) is 2. The van der Waals surface area contributed by atoms with E-state index in [1.807, 2.05) is 38.4 Å². The molecule has 2 N–H and O–H groups in total. The highest BCUT2D eigenvalue weighted by molar-refractivity contribution is 5.80. The van der Waals surface area contributed by atoms with Crippen LogP contribution in [0.25, 0.3) is 0 Å². The lowest BCUT2D eigenvalue weighted by molar-refractivity contribution is -0.143. The van der Waals surface area contributed by atoms with Crippen molar-refractivity contribution in [1.29, 1.82) is 0 Å². The van der Waals surface area contributed by atoms with Crippen LogP contribution in [0.1, 0.15) is 12.0 Å². The van der Waals surface area contributed by atoms with Crippen LogP contribution in [0.3, 0.4) is 0 Å². The number of ether oxygens (including phenoxy) is 1. The molecule has 6 nitrogen and oxygen atoms in total. The molecule has 0 radical (unpaired) electrons. The fourth-order valence-corrected chi connectivity index (χ4v) is 3.04. The molecule has 1 atom stereocenters. The smallest absolute Gasteiger partial charge is 0.401 e. The molecule has 1 unspecified atom stereocenters. The summed E-state index contributed by atoms with van der Waals surface area (Å²) in [5, 5.41) is 6.43. The summed E-state index contributed by atoms with van der Waals surface area (Å²) in [6.07, 6.45) is -3.51. The van der Waals surface area contributed by atoms with Crippen LogP contribution in [0.15, 0.2) is 29.3 Å². The summed E-state index contributed by atoms with van der Waals surface area (Å²) in [6, 6.07) is 7.72. The average molecular weight is 401 g/mol. The van der Waals surface area contributed by atoms with Crippen molar-refractivity contribution in [1.82, 2.24) is 20.4 Å². The first-order valence-corrected chi connectivity index (χ1v) is 9.38. The maximum atomic E-state index is 12.5. The molecular weight excluding hydrogens is 371 g/mol. The summed E-state index contributed by atoms with van der Waals surface area (Å²) in [6.45, 7) is 1.84. The van der Waals surface area contributed by atoms with Gasteiger partial charge < -0.3 is 20.3 Å². The molecule has 28 heavy (non-hydrogen) atoms. The zero-order chi connectivity index (χ0) is 20.6. The van der Waals surface area contributed by atoms with Crippen molar-refractivity contribution in [2.75, 3.05) is 53.9 Å². The lowest BCUT2D eigenvalue weighted by atomic mass is 10.2. The van der Waals surface area contributed by atoms with E-state index in [1.54, 1.807) is 7.05 Å². The van der Waals surface area contributed by atoms with Gasteiger partial charge in [0.05, 0.1) is 6.54 Å². The van der Waals surface area contributed by atoms with E-state index in [9.17, 15) is 13.2 Å². The van der Waals surface area contributed by atoms with Gasteiger partial charge in [-0.1, -0.05) is 18.2 Å². The van der Waals surface area contributed by atoms with Gasteiger partial charge >= 0.3 is 6.18 Å². The molecule has 1 heterocycles. The SMILES string of the molecule is CN=C(NCc1ccccc1OCCN(C)C)NC1CCN(CC(F)(F)F)C1. The second-order valence-corrected chi connectivity index (χ2v) is 7.17. The highest BCUT2D eigenvalue weighted by Gasteiger charge is 2.34. The Morgan fingerprint density at radius 1 is 1.32 bits per heavy atom. The predicted molar refractivity (Wildman–Crippen MR) is 105 cm³/mol. The van der Waals surface area contributed by atoms with E-state index in [1.165, 1.54) is 4.90 Å². The van der Waals surface area contributed by atoms with Crippen LogP contribution in [-0.2, 0) is 6.54 Å². The van der Waals surface area contributed by atoms with E-state index in [2.05, 4.69) is 20.5 Å².